The smallest absolute Gasteiger partial charge is 0.273 e. The van der Waals surface area contributed by atoms with Crippen LogP contribution in [0, 0.1) is 16.2 Å². The molecule has 3 rings (SSSR count). The Morgan fingerprint density at radius 1 is 1.29 bits per heavy atom. The maximum absolute atomic E-state index is 11.3. The van der Waals surface area contributed by atoms with Gasteiger partial charge in [-0.15, -0.1) is 0 Å². The number of rotatable bonds is 4. The van der Waals surface area contributed by atoms with Crippen LogP contribution in [0.15, 0.2) is 24.4 Å². The van der Waals surface area contributed by atoms with Crippen LogP contribution < -0.4 is 0 Å². The topological polar surface area (TPSA) is 50.0 Å². The molecule has 2 aliphatic carbocycles. The minimum absolute atomic E-state index is 0.333. The quantitative estimate of drug-likeness (QED) is 0.743. The third-order valence-electron chi connectivity index (χ3n) is 5.89. The Morgan fingerprint density at radius 2 is 2.04 bits per heavy atom. The van der Waals surface area contributed by atoms with Gasteiger partial charge in [0.2, 0.25) is 0 Å². The predicted molar refractivity (Wildman–Crippen MR) is 95.0 cm³/mol. The van der Waals surface area contributed by atoms with Crippen molar-refractivity contribution >= 4 is 17.0 Å². The van der Waals surface area contributed by atoms with E-state index in [0.29, 0.717) is 22.8 Å². The molecule has 1 aromatic rings. The molecule has 0 aromatic carbocycles. The van der Waals surface area contributed by atoms with Gasteiger partial charge in [-0.05, 0) is 74.8 Å². The van der Waals surface area contributed by atoms with Crippen molar-refractivity contribution in [3.05, 3.63) is 35.0 Å². The number of aromatic nitrogens is 1. The van der Waals surface area contributed by atoms with E-state index in [4.69, 9.17) is 0 Å². The summed E-state index contributed by atoms with van der Waals surface area (Å²) in [7, 11) is 1.49. The fourth-order valence-electron chi connectivity index (χ4n) is 4.29. The molecular formula is C20H27N2O2+. The van der Waals surface area contributed by atoms with Crippen molar-refractivity contribution in [3.63, 3.8) is 0 Å². The maximum atomic E-state index is 11.3. The Kier molecular flexibility index (Phi) is 4.93. The summed E-state index contributed by atoms with van der Waals surface area (Å²) < 4.78 is 0.834. The minimum atomic E-state index is 0.333. The van der Waals surface area contributed by atoms with E-state index < -0.39 is 0 Å². The number of hydrogen-bond acceptors (Lipinski definition) is 3. The number of allylic oxidation sites excluding steroid dienone is 2. The van der Waals surface area contributed by atoms with E-state index >= 15 is 0 Å². The molecule has 1 saturated carbocycles. The molecule has 0 N–H and O–H groups in total. The zero-order valence-corrected chi connectivity index (χ0v) is 14.8. The van der Waals surface area contributed by atoms with Gasteiger partial charge in [-0.1, -0.05) is 6.08 Å². The lowest BCUT2D eigenvalue weighted by molar-refractivity contribution is -0.428. The van der Waals surface area contributed by atoms with E-state index in [-0.39, 0.29) is 0 Å². The van der Waals surface area contributed by atoms with Crippen LogP contribution in [0.4, 0.5) is 5.69 Å². The van der Waals surface area contributed by atoms with Crippen LogP contribution >= 0.6 is 0 Å². The fourth-order valence-corrected chi connectivity index (χ4v) is 4.29. The van der Waals surface area contributed by atoms with Gasteiger partial charge in [0.15, 0.2) is 7.05 Å². The molecule has 0 bridgehead atoms. The van der Waals surface area contributed by atoms with Crippen LogP contribution in [0.5, 0.6) is 0 Å². The Hall–Kier alpha value is -1.84. The molecule has 1 aromatic heterocycles. The van der Waals surface area contributed by atoms with Crippen molar-refractivity contribution in [1.29, 1.82) is 0 Å². The van der Waals surface area contributed by atoms with E-state index in [9.17, 15) is 9.70 Å². The predicted octanol–water partition coefficient (Wildman–Crippen LogP) is 4.84. The maximum Gasteiger partial charge on any atom is 0.273 e. The highest BCUT2D eigenvalue weighted by Gasteiger charge is 2.36. The van der Waals surface area contributed by atoms with E-state index in [1.165, 1.54) is 44.7 Å². The summed E-state index contributed by atoms with van der Waals surface area (Å²) >= 11 is 0. The van der Waals surface area contributed by atoms with Gasteiger partial charge in [-0.25, -0.2) is 4.98 Å². The number of hydrogen-bond donors (Lipinski definition) is 0. The Labute approximate surface area is 143 Å². The van der Waals surface area contributed by atoms with Crippen molar-refractivity contribution in [2.24, 2.45) is 11.3 Å². The van der Waals surface area contributed by atoms with E-state index in [1.807, 2.05) is 12.1 Å². The molecule has 1 spiro atoms. The van der Waals surface area contributed by atoms with Crippen LogP contribution in [0.25, 0.3) is 5.57 Å². The molecule has 4 heteroatoms. The number of pyridine rings is 1. The monoisotopic (exact) mass is 327 g/mol. The standard InChI is InChI=1S/C20H27N2O2/c1-15(23)13-16-5-9-20(10-6-16)11-7-17(8-12-20)19-4-3-18(14-21-19)22(2)24/h3-4,7,14,16H,5-6,8-13H2,1-2H3/q+1. The zero-order chi connectivity index (χ0) is 17.2. The summed E-state index contributed by atoms with van der Waals surface area (Å²) in [4.78, 5) is 27.0. The molecule has 1 heterocycles. The van der Waals surface area contributed by atoms with E-state index in [0.717, 1.165) is 29.7 Å². The summed E-state index contributed by atoms with van der Waals surface area (Å²) in [5, 5.41) is 0. The van der Waals surface area contributed by atoms with Gasteiger partial charge in [-0.2, -0.15) is 0 Å². The van der Waals surface area contributed by atoms with Gasteiger partial charge >= 0.3 is 0 Å². The summed E-state index contributed by atoms with van der Waals surface area (Å²) in [6.45, 7) is 1.71. The Morgan fingerprint density at radius 3 is 2.54 bits per heavy atom. The van der Waals surface area contributed by atoms with Crippen LogP contribution in [-0.2, 0) is 4.79 Å². The Bertz CT molecular complexity index is 653. The molecule has 0 atom stereocenters. The van der Waals surface area contributed by atoms with Crippen LogP contribution in [-0.4, -0.2) is 22.6 Å². The molecule has 0 saturated heterocycles. The average molecular weight is 327 g/mol. The summed E-state index contributed by atoms with van der Waals surface area (Å²) in [6, 6.07) is 3.80. The molecule has 24 heavy (non-hydrogen) atoms. The average Bonchev–Trinajstić information content (AvgIpc) is 2.58. The van der Waals surface area contributed by atoms with Crippen LogP contribution in [0.2, 0.25) is 0 Å². The zero-order valence-electron chi connectivity index (χ0n) is 14.8. The first-order chi connectivity index (χ1) is 11.5. The first kappa shape index (κ1) is 17.0. The highest BCUT2D eigenvalue weighted by Crippen LogP contribution is 2.49. The van der Waals surface area contributed by atoms with Gasteiger partial charge in [0, 0.05) is 22.2 Å². The lowest BCUT2D eigenvalue weighted by atomic mass is 9.63. The molecule has 1 fully saturated rings. The summed E-state index contributed by atoms with van der Waals surface area (Å²) in [5.74, 6) is 0.941. The van der Waals surface area contributed by atoms with E-state index in [1.54, 1.807) is 13.1 Å². The lowest BCUT2D eigenvalue weighted by Crippen LogP contribution is -2.29. The molecule has 2 aliphatic rings. The highest BCUT2D eigenvalue weighted by atomic mass is 16.3. The van der Waals surface area contributed by atoms with Gasteiger partial charge in [0.05, 0.1) is 5.69 Å². The van der Waals surface area contributed by atoms with Gasteiger partial charge in [0.25, 0.3) is 5.69 Å². The number of nitroso groups, excluding NO2 is 1. The summed E-state index contributed by atoms with van der Waals surface area (Å²) in [5.41, 5.74) is 3.36. The fraction of sp³-hybridized carbons (Fsp3) is 0.600. The molecule has 0 amide bonds. The molecule has 4 nitrogen and oxygen atoms in total. The van der Waals surface area contributed by atoms with Crippen molar-refractivity contribution in [2.75, 3.05) is 7.05 Å². The number of carbonyl (C=O) groups excluding carboxylic acids is 1. The van der Waals surface area contributed by atoms with Gasteiger partial charge in [0.1, 0.15) is 12.0 Å². The third kappa shape index (κ3) is 3.80. The highest BCUT2D eigenvalue weighted by molar-refractivity contribution is 5.75. The molecule has 128 valence electrons. The number of carbonyl (C=O) groups is 1. The molecule has 0 unspecified atom stereocenters. The molecule has 0 radical (unpaired) electrons. The Balaban J connectivity index is 1.62. The minimum Gasteiger partial charge on any atom is -0.300 e. The second-order valence-corrected chi connectivity index (χ2v) is 7.68. The van der Waals surface area contributed by atoms with Crippen LogP contribution in [0.1, 0.15) is 64.0 Å². The second-order valence-electron chi connectivity index (χ2n) is 7.68. The van der Waals surface area contributed by atoms with Crippen molar-refractivity contribution in [3.8, 4) is 0 Å². The van der Waals surface area contributed by atoms with Crippen molar-refractivity contribution < 1.29 is 9.55 Å². The van der Waals surface area contributed by atoms with Crippen molar-refractivity contribution in [1.82, 2.24) is 4.98 Å². The first-order valence-corrected chi connectivity index (χ1v) is 9.03. The normalized spacial score (nSPS) is 26.9. The van der Waals surface area contributed by atoms with E-state index in [2.05, 4.69) is 11.1 Å². The lowest BCUT2D eigenvalue weighted by Gasteiger charge is -2.42. The van der Waals surface area contributed by atoms with Gasteiger partial charge in [-0.3, -0.25) is 0 Å². The van der Waals surface area contributed by atoms with Crippen molar-refractivity contribution in [2.45, 2.75) is 58.3 Å². The number of Topliss-reactive ketones (excluding diaryl/α,β-unsaturated/α-hetero) is 1. The molecular weight excluding hydrogens is 300 g/mol. The number of ketones is 1. The first-order valence-electron chi connectivity index (χ1n) is 9.03. The summed E-state index contributed by atoms with van der Waals surface area (Å²) in [6.07, 6.45) is 13.1. The molecule has 0 aliphatic heterocycles. The van der Waals surface area contributed by atoms with Gasteiger partial charge < -0.3 is 4.79 Å². The SMILES string of the molecule is CC(=O)CC1CCC2(CC=C(c3ccc([N+](C)=O)cn3)CC2)CC1. The van der Waals surface area contributed by atoms with Crippen LogP contribution in [0.3, 0.4) is 0 Å². The number of nitrogens with zero attached hydrogens (tertiary/aromatic N) is 2. The third-order valence-corrected chi connectivity index (χ3v) is 5.89. The largest absolute Gasteiger partial charge is 0.300 e. The second kappa shape index (κ2) is 6.96.